The van der Waals surface area contributed by atoms with Gasteiger partial charge in [0.05, 0.1) is 6.61 Å². The average molecular weight is 171 g/mol. The van der Waals surface area contributed by atoms with Crippen LogP contribution in [0.1, 0.15) is 39.5 Å². The van der Waals surface area contributed by atoms with Crippen molar-refractivity contribution in [3.05, 3.63) is 6.92 Å². The van der Waals surface area contributed by atoms with Crippen LogP contribution in [0.5, 0.6) is 0 Å². The summed E-state index contributed by atoms with van der Waals surface area (Å²) in [5.74, 6) is -0.329. The quantitative estimate of drug-likeness (QED) is 0.349. The summed E-state index contributed by atoms with van der Waals surface area (Å²) in [6, 6.07) is 0. The van der Waals surface area contributed by atoms with Crippen molar-refractivity contribution in [2.75, 3.05) is 6.61 Å². The molecule has 0 aliphatic carbocycles. The van der Waals surface area contributed by atoms with E-state index in [-0.39, 0.29) is 11.9 Å². The lowest BCUT2D eigenvalue weighted by atomic mass is 10.0. The van der Waals surface area contributed by atoms with Crippen LogP contribution in [0.2, 0.25) is 0 Å². The van der Waals surface area contributed by atoms with E-state index in [2.05, 4.69) is 13.8 Å². The molecule has 1 atom stereocenters. The SMILES string of the molecule is [CH2-]C(CCCCC)C(=O)OCC. The van der Waals surface area contributed by atoms with Crippen LogP contribution in [0.4, 0.5) is 0 Å². The van der Waals surface area contributed by atoms with Gasteiger partial charge in [-0.05, 0) is 6.92 Å². The molecule has 0 aromatic heterocycles. The second kappa shape index (κ2) is 7.14. The molecular weight excluding hydrogens is 152 g/mol. The van der Waals surface area contributed by atoms with Crippen molar-refractivity contribution in [1.29, 1.82) is 0 Å². The third kappa shape index (κ3) is 5.16. The summed E-state index contributed by atoms with van der Waals surface area (Å²) in [4.78, 5) is 11.1. The maximum absolute atomic E-state index is 11.1. The summed E-state index contributed by atoms with van der Waals surface area (Å²) in [6.45, 7) is 8.17. The molecule has 0 bridgehead atoms. The van der Waals surface area contributed by atoms with Gasteiger partial charge in [0, 0.05) is 0 Å². The van der Waals surface area contributed by atoms with Gasteiger partial charge >= 0.3 is 0 Å². The fraction of sp³-hybridized carbons (Fsp3) is 0.800. The van der Waals surface area contributed by atoms with Gasteiger partial charge in [-0.2, -0.15) is 0 Å². The van der Waals surface area contributed by atoms with Gasteiger partial charge in [0.1, 0.15) is 0 Å². The molecule has 0 aromatic rings. The van der Waals surface area contributed by atoms with Crippen molar-refractivity contribution in [3.8, 4) is 0 Å². The first-order chi connectivity index (χ1) is 5.72. The highest BCUT2D eigenvalue weighted by atomic mass is 16.5. The predicted molar refractivity (Wildman–Crippen MR) is 49.6 cm³/mol. The lowest BCUT2D eigenvalue weighted by Gasteiger charge is -2.14. The topological polar surface area (TPSA) is 26.3 Å². The minimum atomic E-state index is -0.170. The molecule has 0 heterocycles. The van der Waals surface area contributed by atoms with Crippen LogP contribution in [-0.2, 0) is 9.53 Å². The minimum Gasteiger partial charge on any atom is -0.468 e. The second-order valence-corrected chi connectivity index (χ2v) is 2.94. The van der Waals surface area contributed by atoms with Gasteiger partial charge in [0.2, 0.25) is 0 Å². The van der Waals surface area contributed by atoms with E-state index in [9.17, 15) is 4.79 Å². The van der Waals surface area contributed by atoms with E-state index in [1.165, 1.54) is 12.8 Å². The van der Waals surface area contributed by atoms with Gasteiger partial charge in [0.25, 0.3) is 5.97 Å². The summed E-state index contributed by atoms with van der Waals surface area (Å²) in [6.07, 6.45) is 4.27. The van der Waals surface area contributed by atoms with E-state index < -0.39 is 0 Å². The fourth-order valence-electron chi connectivity index (χ4n) is 1.02. The third-order valence-corrected chi connectivity index (χ3v) is 1.78. The van der Waals surface area contributed by atoms with Gasteiger partial charge < -0.3 is 11.7 Å². The van der Waals surface area contributed by atoms with Crippen LogP contribution >= 0.6 is 0 Å². The lowest BCUT2D eigenvalue weighted by molar-refractivity contribution is -0.146. The Morgan fingerprint density at radius 2 is 2.08 bits per heavy atom. The normalized spacial score (nSPS) is 12.6. The molecule has 0 aliphatic rings. The molecule has 12 heavy (non-hydrogen) atoms. The Balaban J connectivity index is 3.42. The number of carbonyl (C=O) groups is 1. The number of carbonyl (C=O) groups excluding carboxylic acids is 1. The third-order valence-electron chi connectivity index (χ3n) is 1.78. The summed E-state index contributed by atoms with van der Waals surface area (Å²) >= 11 is 0. The molecular formula is C10H19O2-. The van der Waals surface area contributed by atoms with Crippen molar-refractivity contribution in [1.82, 2.24) is 0 Å². The maximum Gasteiger partial charge on any atom is 0.278 e. The molecule has 0 radical (unpaired) electrons. The molecule has 0 rings (SSSR count). The molecule has 2 nitrogen and oxygen atoms in total. The largest absolute Gasteiger partial charge is 0.468 e. The van der Waals surface area contributed by atoms with Crippen molar-refractivity contribution >= 4 is 5.97 Å². The minimum absolute atomic E-state index is 0.159. The van der Waals surface area contributed by atoms with Gasteiger partial charge in [-0.3, -0.25) is 4.79 Å². The zero-order valence-corrected chi connectivity index (χ0v) is 8.14. The number of unbranched alkanes of at least 4 members (excludes halogenated alkanes) is 2. The Bertz CT molecular complexity index is 121. The summed E-state index contributed by atoms with van der Waals surface area (Å²) in [5, 5.41) is 0. The van der Waals surface area contributed by atoms with Crippen LogP contribution in [0.25, 0.3) is 0 Å². The van der Waals surface area contributed by atoms with E-state index in [4.69, 9.17) is 4.74 Å². The molecule has 0 fully saturated rings. The molecule has 1 unspecified atom stereocenters. The smallest absolute Gasteiger partial charge is 0.278 e. The van der Waals surface area contributed by atoms with Crippen molar-refractivity contribution < 1.29 is 9.53 Å². The van der Waals surface area contributed by atoms with E-state index in [1.807, 2.05) is 6.92 Å². The Morgan fingerprint density at radius 1 is 1.42 bits per heavy atom. The van der Waals surface area contributed by atoms with Crippen LogP contribution < -0.4 is 0 Å². The Labute approximate surface area is 75.3 Å². The highest BCUT2D eigenvalue weighted by Crippen LogP contribution is 2.10. The summed E-state index contributed by atoms with van der Waals surface area (Å²) in [7, 11) is 0. The number of rotatable bonds is 6. The van der Waals surface area contributed by atoms with E-state index in [1.54, 1.807) is 0 Å². The van der Waals surface area contributed by atoms with Crippen LogP contribution in [0, 0.1) is 12.8 Å². The van der Waals surface area contributed by atoms with Crippen LogP contribution in [-0.4, -0.2) is 12.6 Å². The highest BCUT2D eigenvalue weighted by molar-refractivity contribution is 5.72. The molecule has 0 aliphatic heterocycles. The Morgan fingerprint density at radius 3 is 2.58 bits per heavy atom. The molecule has 0 spiro atoms. The summed E-state index contributed by atoms with van der Waals surface area (Å²) < 4.78 is 4.83. The maximum atomic E-state index is 11.1. The van der Waals surface area contributed by atoms with Gasteiger partial charge in [-0.1, -0.05) is 38.5 Å². The van der Waals surface area contributed by atoms with E-state index >= 15 is 0 Å². The zero-order chi connectivity index (χ0) is 9.40. The number of esters is 1. The highest BCUT2D eigenvalue weighted by Gasteiger charge is 2.05. The number of ether oxygens (including phenoxy) is 1. The molecule has 0 amide bonds. The van der Waals surface area contributed by atoms with Crippen molar-refractivity contribution in [3.63, 3.8) is 0 Å². The predicted octanol–water partition coefficient (Wildman–Crippen LogP) is 2.58. The standard InChI is InChI=1S/C10H19O2/c1-4-6-7-8-9(3)10(11)12-5-2/h9H,3-8H2,1-2H3/q-1. The molecule has 0 saturated heterocycles. The first-order valence-electron chi connectivity index (χ1n) is 4.72. The van der Waals surface area contributed by atoms with Crippen LogP contribution in [0.3, 0.4) is 0 Å². The van der Waals surface area contributed by atoms with Crippen molar-refractivity contribution in [2.45, 2.75) is 39.5 Å². The number of hydrogen-bond acceptors (Lipinski definition) is 2. The van der Waals surface area contributed by atoms with Gasteiger partial charge in [-0.15, -0.1) is 0 Å². The Kier molecular flexibility index (Phi) is 6.82. The zero-order valence-electron chi connectivity index (χ0n) is 8.14. The average Bonchev–Trinajstić information content (AvgIpc) is 2.05. The van der Waals surface area contributed by atoms with E-state index in [0.29, 0.717) is 6.61 Å². The van der Waals surface area contributed by atoms with Gasteiger partial charge in [-0.25, -0.2) is 0 Å². The van der Waals surface area contributed by atoms with Crippen molar-refractivity contribution in [2.24, 2.45) is 5.92 Å². The molecule has 2 heteroatoms. The summed E-state index contributed by atoms with van der Waals surface area (Å²) in [5.41, 5.74) is 0. The molecule has 0 saturated carbocycles. The first-order valence-corrected chi connectivity index (χ1v) is 4.72. The number of hydrogen-bond donors (Lipinski definition) is 0. The molecule has 72 valence electrons. The molecule has 0 aromatic carbocycles. The first kappa shape index (κ1) is 11.5. The fourth-order valence-corrected chi connectivity index (χ4v) is 1.02. The Hall–Kier alpha value is -0.530. The van der Waals surface area contributed by atoms with Crippen LogP contribution in [0.15, 0.2) is 0 Å². The monoisotopic (exact) mass is 171 g/mol. The molecule has 0 N–H and O–H groups in total. The second-order valence-electron chi connectivity index (χ2n) is 2.94. The van der Waals surface area contributed by atoms with Gasteiger partial charge in [0.15, 0.2) is 0 Å². The van der Waals surface area contributed by atoms with E-state index in [0.717, 1.165) is 12.8 Å². The lowest BCUT2D eigenvalue weighted by Crippen LogP contribution is -2.14.